The molecule has 0 fully saturated rings. The van der Waals surface area contributed by atoms with Gasteiger partial charge in [0.15, 0.2) is 5.58 Å². The standard InChI is InChI=1S/C21H17NO/c1-14-7-6-8-15(2)21(14)20-13-18-19(23-20)12-11-17(22-18)16-9-4-3-5-10-16/h3-13H,1-2H3/i1D3. The lowest BCUT2D eigenvalue weighted by Crippen LogP contribution is -1.85. The van der Waals surface area contributed by atoms with E-state index in [9.17, 15) is 0 Å². The van der Waals surface area contributed by atoms with Gasteiger partial charge in [0.25, 0.3) is 0 Å². The first-order valence-corrected chi connectivity index (χ1v) is 7.50. The SMILES string of the molecule is [2H]C([2H])([2H])c1cccc(C)c1-c1cc2nc(-c3ccccc3)ccc2o1. The molecule has 4 aromatic rings. The van der Waals surface area contributed by atoms with Crippen LogP contribution in [0.15, 0.2) is 71.1 Å². The van der Waals surface area contributed by atoms with E-state index in [-0.39, 0.29) is 0 Å². The van der Waals surface area contributed by atoms with Gasteiger partial charge in [0, 0.05) is 21.3 Å². The molecule has 23 heavy (non-hydrogen) atoms. The van der Waals surface area contributed by atoms with Crippen LogP contribution in [0.5, 0.6) is 0 Å². The summed E-state index contributed by atoms with van der Waals surface area (Å²) in [4.78, 5) is 4.68. The number of furan rings is 1. The van der Waals surface area contributed by atoms with Crippen molar-refractivity contribution < 1.29 is 8.53 Å². The van der Waals surface area contributed by atoms with Crippen LogP contribution in [0.1, 0.15) is 15.2 Å². The van der Waals surface area contributed by atoms with E-state index in [0.29, 0.717) is 28.0 Å². The molecule has 0 spiro atoms. The van der Waals surface area contributed by atoms with E-state index < -0.39 is 6.85 Å². The van der Waals surface area contributed by atoms with Crippen molar-refractivity contribution in [2.24, 2.45) is 0 Å². The maximum Gasteiger partial charge on any atom is 0.153 e. The van der Waals surface area contributed by atoms with Crippen LogP contribution in [0.2, 0.25) is 0 Å². The smallest absolute Gasteiger partial charge is 0.153 e. The predicted molar refractivity (Wildman–Crippen MR) is 94.4 cm³/mol. The third-order valence-corrected chi connectivity index (χ3v) is 3.96. The molecule has 4 rings (SSSR count). The highest BCUT2D eigenvalue weighted by molar-refractivity contribution is 5.83. The normalized spacial score (nSPS) is 13.5. The minimum absolute atomic E-state index is 0.292. The second-order valence-electron chi connectivity index (χ2n) is 5.55. The van der Waals surface area contributed by atoms with Crippen molar-refractivity contribution in [3.63, 3.8) is 0 Å². The number of hydrogen-bond acceptors (Lipinski definition) is 2. The van der Waals surface area contributed by atoms with Crippen LogP contribution in [-0.2, 0) is 0 Å². The number of benzene rings is 2. The van der Waals surface area contributed by atoms with Crippen molar-refractivity contribution in [2.45, 2.75) is 13.8 Å². The Kier molecular flexibility index (Phi) is 2.53. The number of nitrogens with zero attached hydrogens (tertiary/aromatic N) is 1. The number of rotatable bonds is 2. The van der Waals surface area contributed by atoms with E-state index in [1.807, 2.05) is 61.5 Å². The molecule has 0 saturated heterocycles. The fraction of sp³-hybridized carbons (Fsp3) is 0.0952. The Morgan fingerprint density at radius 1 is 0.913 bits per heavy atom. The van der Waals surface area contributed by atoms with Crippen LogP contribution in [0.25, 0.3) is 33.7 Å². The van der Waals surface area contributed by atoms with Gasteiger partial charge in [0.2, 0.25) is 0 Å². The molecular weight excluding hydrogens is 282 g/mol. The van der Waals surface area contributed by atoms with Crippen LogP contribution >= 0.6 is 0 Å². The van der Waals surface area contributed by atoms with Gasteiger partial charge in [-0.2, -0.15) is 0 Å². The molecule has 0 saturated carbocycles. The molecule has 2 heteroatoms. The monoisotopic (exact) mass is 302 g/mol. The third-order valence-electron chi connectivity index (χ3n) is 3.96. The first kappa shape index (κ1) is 10.8. The molecule has 0 aliphatic heterocycles. The maximum absolute atomic E-state index is 7.82. The average Bonchev–Trinajstić information content (AvgIpc) is 3.04. The lowest BCUT2D eigenvalue weighted by molar-refractivity contribution is 0.630. The van der Waals surface area contributed by atoms with Gasteiger partial charge in [-0.25, -0.2) is 4.98 Å². The quantitative estimate of drug-likeness (QED) is 0.469. The van der Waals surface area contributed by atoms with E-state index in [1.54, 1.807) is 12.1 Å². The highest BCUT2D eigenvalue weighted by Crippen LogP contribution is 2.32. The summed E-state index contributed by atoms with van der Waals surface area (Å²) >= 11 is 0. The fourth-order valence-electron chi connectivity index (χ4n) is 2.81. The van der Waals surface area contributed by atoms with Gasteiger partial charge in [0.1, 0.15) is 11.3 Å². The molecule has 0 bridgehead atoms. The van der Waals surface area contributed by atoms with Gasteiger partial charge in [-0.15, -0.1) is 0 Å². The van der Waals surface area contributed by atoms with Crippen LogP contribution in [0.3, 0.4) is 0 Å². The van der Waals surface area contributed by atoms with E-state index in [0.717, 1.165) is 16.8 Å². The minimum atomic E-state index is -2.21. The fourth-order valence-corrected chi connectivity index (χ4v) is 2.81. The van der Waals surface area contributed by atoms with Gasteiger partial charge >= 0.3 is 0 Å². The van der Waals surface area contributed by atoms with Crippen LogP contribution in [0, 0.1) is 13.8 Å². The molecule has 0 amide bonds. The summed E-state index contributed by atoms with van der Waals surface area (Å²) in [5.41, 5.74) is 5.00. The summed E-state index contributed by atoms with van der Waals surface area (Å²) in [5, 5.41) is 0. The average molecular weight is 302 g/mol. The molecule has 0 aliphatic rings. The van der Waals surface area contributed by atoms with E-state index in [1.165, 1.54) is 0 Å². The number of pyridine rings is 1. The molecule has 0 unspecified atom stereocenters. The zero-order valence-electron chi connectivity index (χ0n) is 15.7. The van der Waals surface area contributed by atoms with Gasteiger partial charge in [-0.05, 0) is 37.0 Å². The molecule has 112 valence electrons. The first-order valence-electron chi connectivity index (χ1n) is 9.00. The molecule has 0 aliphatic carbocycles. The molecular formula is C21H17NO. The highest BCUT2D eigenvalue weighted by atomic mass is 16.3. The highest BCUT2D eigenvalue weighted by Gasteiger charge is 2.12. The first-order chi connectivity index (χ1) is 12.4. The zero-order valence-corrected chi connectivity index (χ0v) is 12.7. The molecule has 2 aromatic heterocycles. The number of fused-ring (bicyclic) bond motifs is 1. The predicted octanol–water partition coefficient (Wildman–Crippen LogP) is 5.78. The Hall–Kier alpha value is -2.87. The van der Waals surface area contributed by atoms with E-state index >= 15 is 0 Å². The van der Waals surface area contributed by atoms with Gasteiger partial charge in [0.05, 0.1) is 5.69 Å². The lowest BCUT2D eigenvalue weighted by Gasteiger charge is -2.05. The number of aryl methyl sites for hydroxylation is 2. The summed E-state index contributed by atoms with van der Waals surface area (Å²) < 4.78 is 29.4. The molecule has 2 aromatic carbocycles. The van der Waals surface area contributed by atoms with Crippen molar-refractivity contribution in [3.05, 3.63) is 77.9 Å². The van der Waals surface area contributed by atoms with Crippen molar-refractivity contribution in [1.82, 2.24) is 4.98 Å². The largest absolute Gasteiger partial charge is 0.454 e. The summed E-state index contributed by atoms with van der Waals surface area (Å²) in [7, 11) is 0. The van der Waals surface area contributed by atoms with Crippen LogP contribution in [0.4, 0.5) is 0 Å². The molecule has 2 heterocycles. The van der Waals surface area contributed by atoms with E-state index in [2.05, 4.69) is 4.98 Å². The zero-order chi connectivity index (χ0) is 18.3. The van der Waals surface area contributed by atoms with Gasteiger partial charge < -0.3 is 4.42 Å². The van der Waals surface area contributed by atoms with E-state index in [4.69, 9.17) is 8.53 Å². The Labute approximate surface area is 139 Å². The molecule has 2 nitrogen and oxygen atoms in total. The van der Waals surface area contributed by atoms with Crippen molar-refractivity contribution in [1.29, 1.82) is 0 Å². The molecule has 0 radical (unpaired) electrons. The van der Waals surface area contributed by atoms with Gasteiger partial charge in [-0.3, -0.25) is 0 Å². The second kappa shape index (κ2) is 5.40. The van der Waals surface area contributed by atoms with Crippen LogP contribution < -0.4 is 0 Å². The molecule has 0 atom stereocenters. The summed E-state index contributed by atoms with van der Waals surface area (Å²) in [6.45, 7) is -0.316. The van der Waals surface area contributed by atoms with Crippen molar-refractivity contribution in [3.8, 4) is 22.6 Å². The Balaban J connectivity index is 1.87. The number of hydrogen-bond donors (Lipinski definition) is 0. The summed E-state index contributed by atoms with van der Waals surface area (Å²) in [6.07, 6.45) is 0. The van der Waals surface area contributed by atoms with Crippen LogP contribution in [-0.4, -0.2) is 4.98 Å². The lowest BCUT2D eigenvalue weighted by atomic mass is 10.0. The second-order valence-corrected chi connectivity index (χ2v) is 5.55. The van der Waals surface area contributed by atoms with Crippen molar-refractivity contribution in [2.75, 3.05) is 0 Å². The Morgan fingerprint density at radius 2 is 1.74 bits per heavy atom. The summed E-state index contributed by atoms with van der Waals surface area (Å²) in [6, 6.07) is 20.8. The summed E-state index contributed by atoms with van der Waals surface area (Å²) in [5.74, 6) is 0.530. The minimum Gasteiger partial charge on any atom is -0.454 e. The Morgan fingerprint density at radius 3 is 2.57 bits per heavy atom. The van der Waals surface area contributed by atoms with Crippen molar-refractivity contribution >= 4 is 11.1 Å². The third kappa shape index (κ3) is 2.42. The Bertz CT molecular complexity index is 1080. The maximum atomic E-state index is 7.82. The number of aromatic nitrogens is 1. The van der Waals surface area contributed by atoms with Gasteiger partial charge in [-0.1, -0.05) is 48.5 Å². The molecule has 0 N–H and O–H groups in total. The topological polar surface area (TPSA) is 26.0 Å².